The lowest BCUT2D eigenvalue weighted by molar-refractivity contribution is -0.384. The van der Waals surface area contributed by atoms with Crippen LogP contribution in [0.25, 0.3) is 0 Å². The van der Waals surface area contributed by atoms with Crippen LogP contribution in [0.4, 0.5) is 24.5 Å². The Morgan fingerprint density at radius 1 is 1.23 bits per heavy atom. The number of nitrogens with zero attached hydrogens (tertiary/aromatic N) is 2. The van der Waals surface area contributed by atoms with Gasteiger partial charge < -0.3 is 14.8 Å². The first kappa shape index (κ1) is 21.9. The van der Waals surface area contributed by atoms with E-state index in [2.05, 4.69) is 5.32 Å². The van der Waals surface area contributed by atoms with Gasteiger partial charge >= 0.3 is 6.18 Å². The molecule has 0 saturated carbocycles. The van der Waals surface area contributed by atoms with E-state index >= 15 is 0 Å². The molecule has 0 aromatic heterocycles. The molecular weight excluding hydrogens is 423 g/mol. The van der Waals surface area contributed by atoms with Crippen LogP contribution in [0, 0.1) is 10.1 Å². The minimum atomic E-state index is -4.44. The molecule has 31 heavy (non-hydrogen) atoms. The second kappa shape index (κ2) is 8.90. The summed E-state index contributed by atoms with van der Waals surface area (Å²) in [4.78, 5) is 35.7. The number of halogens is 3. The molecule has 1 N–H and O–H groups in total. The zero-order valence-electron chi connectivity index (χ0n) is 15.8. The molecule has 0 atom stereocenters. The van der Waals surface area contributed by atoms with Gasteiger partial charge in [0.25, 0.3) is 11.6 Å². The van der Waals surface area contributed by atoms with Crippen LogP contribution in [0.2, 0.25) is 0 Å². The first-order valence-electron chi connectivity index (χ1n) is 8.93. The van der Waals surface area contributed by atoms with Gasteiger partial charge in [0.15, 0.2) is 6.61 Å². The molecule has 3 rings (SSSR count). The van der Waals surface area contributed by atoms with Gasteiger partial charge in [0.05, 0.1) is 22.7 Å². The van der Waals surface area contributed by atoms with E-state index < -0.39 is 35.0 Å². The summed E-state index contributed by atoms with van der Waals surface area (Å²) in [6.07, 6.45) is -4.44. The lowest BCUT2D eigenvalue weighted by Gasteiger charge is -2.28. The minimum absolute atomic E-state index is 0.0176. The van der Waals surface area contributed by atoms with Crippen LogP contribution in [0.5, 0.6) is 11.5 Å². The lowest BCUT2D eigenvalue weighted by Crippen LogP contribution is -2.45. The molecule has 1 heterocycles. The number of ether oxygens (including phenoxy) is 2. The largest absolute Gasteiger partial charge is 0.492 e. The average molecular weight is 439 g/mol. The molecule has 0 unspecified atom stereocenters. The number of amides is 2. The number of benzene rings is 2. The zero-order chi connectivity index (χ0) is 22.6. The Morgan fingerprint density at radius 3 is 2.58 bits per heavy atom. The summed E-state index contributed by atoms with van der Waals surface area (Å²) in [6.45, 7) is -0.692. The highest BCUT2D eigenvalue weighted by molar-refractivity contribution is 6.02. The van der Waals surface area contributed by atoms with Crippen molar-refractivity contribution in [1.82, 2.24) is 5.32 Å². The van der Waals surface area contributed by atoms with Crippen molar-refractivity contribution < 1.29 is 37.2 Å². The summed E-state index contributed by atoms with van der Waals surface area (Å²) in [6, 6.07) is 7.83. The van der Waals surface area contributed by atoms with Gasteiger partial charge in [0, 0.05) is 12.1 Å². The van der Waals surface area contributed by atoms with Gasteiger partial charge in [0.1, 0.15) is 24.7 Å². The highest BCUT2D eigenvalue weighted by Gasteiger charge is 2.30. The van der Waals surface area contributed by atoms with Crippen LogP contribution in [-0.2, 0) is 15.8 Å². The Kier molecular flexibility index (Phi) is 6.28. The average Bonchev–Trinajstić information content (AvgIpc) is 2.72. The van der Waals surface area contributed by atoms with Gasteiger partial charge in [-0.25, -0.2) is 0 Å². The second-order valence-corrected chi connectivity index (χ2v) is 6.40. The molecule has 2 amide bonds. The Labute approximate surface area is 173 Å². The topological polar surface area (TPSA) is 111 Å². The fraction of sp³-hybridized carbons (Fsp3) is 0.263. The number of carbonyl (C=O) groups excluding carboxylic acids is 2. The Hall–Kier alpha value is -3.83. The van der Waals surface area contributed by atoms with Crippen molar-refractivity contribution >= 4 is 23.2 Å². The number of hydrogen-bond donors (Lipinski definition) is 1. The highest BCUT2D eigenvalue weighted by Crippen LogP contribution is 2.35. The summed E-state index contributed by atoms with van der Waals surface area (Å²) >= 11 is 0. The molecule has 1 aliphatic heterocycles. The Morgan fingerprint density at radius 2 is 1.94 bits per heavy atom. The minimum Gasteiger partial charge on any atom is -0.492 e. The number of non-ortho nitro benzene ring substituents is 1. The van der Waals surface area contributed by atoms with Crippen LogP contribution < -0.4 is 19.7 Å². The molecule has 1 aliphatic rings. The van der Waals surface area contributed by atoms with Crippen molar-refractivity contribution in [1.29, 1.82) is 0 Å². The van der Waals surface area contributed by atoms with Crippen molar-refractivity contribution in [3.8, 4) is 11.5 Å². The molecule has 2 aromatic rings. The third-order valence-electron chi connectivity index (χ3n) is 4.27. The van der Waals surface area contributed by atoms with Crippen LogP contribution in [0.15, 0.2) is 42.5 Å². The van der Waals surface area contributed by atoms with E-state index in [9.17, 15) is 32.9 Å². The van der Waals surface area contributed by atoms with Crippen LogP contribution in [-0.4, -0.2) is 43.0 Å². The van der Waals surface area contributed by atoms with Crippen molar-refractivity contribution in [3.63, 3.8) is 0 Å². The smallest absolute Gasteiger partial charge is 0.416 e. The summed E-state index contributed by atoms with van der Waals surface area (Å²) in [7, 11) is 0. The third kappa shape index (κ3) is 5.41. The molecule has 0 bridgehead atoms. The predicted molar refractivity (Wildman–Crippen MR) is 101 cm³/mol. The monoisotopic (exact) mass is 439 g/mol. The Balaban J connectivity index is 1.53. The van der Waals surface area contributed by atoms with E-state index in [1.165, 1.54) is 24.3 Å². The maximum atomic E-state index is 12.5. The number of carbonyl (C=O) groups is 2. The summed E-state index contributed by atoms with van der Waals surface area (Å²) in [5.41, 5.74) is -0.946. The van der Waals surface area contributed by atoms with E-state index in [0.717, 1.165) is 23.1 Å². The Bertz CT molecular complexity index is 994. The van der Waals surface area contributed by atoms with E-state index in [0.29, 0.717) is 0 Å². The number of anilines is 1. The number of nitro benzene ring substituents is 1. The van der Waals surface area contributed by atoms with Gasteiger partial charge in [0.2, 0.25) is 5.91 Å². The second-order valence-electron chi connectivity index (χ2n) is 6.40. The number of fused-ring (bicyclic) bond motifs is 1. The first-order chi connectivity index (χ1) is 14.6. The van der Waals surface area contributed by atoms with Crippen molar-refractivity contribution in [2.45, 2.75) is 6.18 Å². The molecule has 0 aliphatic carbocycles. The van der Waals surface area contributed by atoms with Gasteiger partial charge in [-0.05, 0) is 30.3 Å². The third-order valence-corrected chi connectivity index (χ3v) is 4.27. The summed E-state index contributed by atoms with van der Waals surface area (Å²) < 4.78 is 48.1. The van der Waals surface area contributed by atoms with E-state index in [-0.39, 0.29) is 42.6 Å². The summed E-state index contributed by atoms with van der Waals surface area (Å²) in [5.74, 6) is -0.650. The molecule has 0 saturated heterocycles. The van der Waals surface area contributed by atoms with Crippen molar-refractivity contribution in [2.24, 2.45) is 0 Å². The van der Waals surface area contributed by atoms with Gasteiger partial charge in [-0.2, -0.15) is 13.2 Å². The quantitative estimate of drug-likeness (QED) is 0.403. The fourth-order valence-electron chi connectivity index (χ4n) is 2.78. The summed E-state index contributed by atoms with van der Waals surface area (Å²) in [5, 5.41) is 13.5. The van der Waals surface area contributed by atoms with Gasteiger partial charge in [-0.15, -0.1) is 0 Å². The highest BCUT2D eigenvalue weighted by atomic mass is 19.4. The lowest BCUT2D eigenvalue weighted by atomic mass is 10.2. The molecule has 0 fully saturated rings. The number of nitrogens with one attached hydrogen (secondary N) is 1. The SMILES string of the molecule is O=C(CN1C(=O)COc2ccc([N+](=O)[O-])cc21)NCCOc1ccc(C(F)(F)F)cc1. The van der Waals surface area contributed by atoms with E-state index in [4.69, 9.17) is 9.47 Å². The number of hydrogen-bond acceptors (Lipinski definition) is 6. The first-order valence-corrected chi connectivity index (χ1v) is 8.93. The normalized spacial score (nSPS) is 13.3. The molecule has 12 heteroatoms. The zero-order valence-corrected chi connectivity index (χ0v) is 15.8. The van der Waals surface area contributed by atoms with E-state index in [1.807, 2.05) is 0 Å². The number of rotatable bonds is 7. The van der Waals surface area contributed by atoms with Gasteiger partial charge in [-0.3, -0.25) is 24.6 Å². The van der Waals surface area contributed by atoms with Crippen LogP contribution in [0.1, 0.15) is 5.56 Å². The molecular formula is C19H16F3N3O6. The maximum absolute atomic E-state index is 12.5. The van der Waals surface area contributed by atoms with Crippen LogP contribution >= 0.6 is 0 Å². The fourth-order valence-corrected chi connectivity index (χ4v) is 2.78. The number of alkyl halides is 3. The van der Waals surface area contributed by atoms with Crippen LogP contribution in [0.3, 0.4) is 0 Å². The predicted octanol–water partition coefficient (Wildman–Crippen LogP) is 2.53. The molecule has 0 radical (unpaired) electrons. The molecule has 2 aromatic carbocycles. The maximum Gasteiger partial charge on any atom is 0.416 e. The standard InChI is InChI=1S/C19H16F3N3O6/c20-19(21,22)12-1-4-14(5-2-12)30-8-7-23-17(26)10-24-15-9-13(25(28)29)3-6-16(15)31-11-18(24)27/h1-6,9H,7-8,10-11H2,(H,23,26). The number of nitro groups is 1. The van der Waals surface area contributed by atoms with Crippen molar-refractivity contribution in [3.05, 3.63) is 58.1 Å². The molecule has 9 nitrogen and oxygen atoms in total. The van der Waals surface area contributed by atoms with Crippen molar-refractivity contribution in [2.75, 3.05) is 31.2 Å². The molecule has 0 spiro atoms. The van der Waals surface area contributed by atoms with E-state index in [1.54, 1.807) is 0 Å². The molecule has 164 valence electrons. The van der Waals surface area contributed by atoms with Gasteiger partial charge in [-0.1, -0.05) is 0 Å².